The van der Waals surface area contributed by atoms with E-state index in [4.69, 9.17) is 14.2 Å². The first kappa shape index (κ1) is 21.2. The van der Waals surface area contributed by atoms with E-state index < -0.39 is 6.09 Å². The standard InChI is InChI=1S/C24H26N2O4/c1-15-10-19(18-6-8-21(28-4)9-7-18)12-20(11-15)26-24(27)30-14-22-17(3)23(29-5)16(2)13-25-22/h6-13H,14H2,1-5H3,(H,26,27). The first-order valence-corrected chi connectivity index (χ1v) is 9.60. The van der Waals surface area contributed by atoms with Crippen LogP contribution in [0.2, 0.25) is 0 Å². The summed E-state index contributed by atoms with van der Waals surface area (Å²) in [6.45, 7) is 5.87. The van der Waals surface area contributed by atoms with Gasteiger partial charge in [0.05, 0.1) is 19.9 Å². The maximum Gasteiger partial charge on any atom is 0.412 e. The maximum absolute atomic E-state index is 12.4. The zero-order valence-corrected chi connectivity index (χ0v) is 17.9. The molecular formula is C24H26N2O4. The van der Waals surface area contributed by atoms with Gasteiger partial charge in [0.15, 0.2) is 0 Å². The van der Waals surface area contributed by atoms with E-state index in [2.05, 4.69) is 16.4 Å². The molecule has 1 heterocycles. The zero-order chi connectivity index (χ0) is 21.7. The van der Waals surface area contributed by atoms with Crippen molar-refractivity contribution in [3.63, 3.8) is 0 Å². The topological polar surface area (TPSA) is 69.7 Å². The number of nitrogens with one attached hydrogen (secondary N) is 1. The number of benzene rings is 2. The number of amides is 1. The minimum atomic E-state index is -0.540. The van der Waals surface area contributed by atoms with Gasteiger partial charge >= 0.3 is 6.09 Å². The summed E-state index contributed by atoms with van der Waals surface area (Å²) in [5.41, 5.74) is 6.18. The third-order valence-corrected chi connectivity index (χ3v) is 4.84. The van der Waals surface area contributed by atoms with Crippen LogP contribution in [0.3, 0.4) is 0 Å². The Hall–Kier alpha value is -3.54. The number of methoxy groups -OCH3 is 2. The Morgan fingerprint density at radius 2 is 1.70 bits per heavy atom. The lowest BCUT2D eigenvalue weighted by molar-refractivity contribution is 0.153. The van der Waals surface area contributed by atoms with Crippen LogP contribution in [0.4, 0.5) is 10.5 Å². The first-order chi connectivity index (χ1) is 14.4. The number of carbonyl (C=O) groups is 1. The van der Waals surface area contributed by atoms with Gasteiger partial charge in [0.25, 0.3) is 0 Å². The largest absolute Gasteiger partial charge is 0.497 e. The molecule has 3 rings (SSSR count). The van der Waals surface area contributed by atoms with Gasteiger partial charge in [-0.3, -0.25) is 10.3 Å². The molecule has 0 saturated heterocycles. The van der Waals surface area contributed by atoms with Gasteiger partial charge in [0, 0.05) is 23.0 Å². The summed E-state index contributed by atoms with van der Waals surface area (Å²) in [4.78, 5) is 16.7. The van der Waals surface area contributed by atoms with Gasteiger partial charge in [-0.1, -0.05) is 18.2 Å². The highest BCUT2D eigenvalue weighted by Gasteiger charge is 2.12. The number of rotatable bonds is 6. The van der Waals surface area contributed by atoms with Crippen LogP contribution in [-0.4, -0.2) is 25.3 Å². The number of nitrogens with zero attached hydrogens (tertiary/aromatic N) is 1. The van der Waals surface area contributed by atoms with Crippen molar-refractivity contribution in [2.24, 2.45) is 0 Å². The van der Waals surface area contributed by atoms with Gasteiger partial charge < -0.3 is 14.2 Å². The van der Waals surface area contributed by atoms with Gasteiger partial charge in [-0.15, -0.1) is 0 Å². The minimum absolute atomic E-state index is 0.0610. The molecule has 0 unspecified atom stereocenters. The second-order valence-corrected chi connectivity index (χ2v) is 7.06. The fourth-order valence-corrected chi connectivity index (χ4v) is 3.31. The van der Waals surface area contributed by atoms with Gasteiger partial charge in [0.2, 0.25) is 0 Å². The fourth-order valence-electron chi connectivity index (χ4n) is 3.31. The molecule has 0 fully saturated rings. The molecule has 1 aromatic heterocycles. The summed E-state index contributed by atoms with van der Waals surface area (Å²) in [5, 5.41) is 2.80. The molecule has 0 aliphatic carbocycles. The molecule has 0 aliphatic rings. The fraction of sp³-hybridized carbons (Fsp3) is 0.250. The van der Waals surface area contributed by atoms with Crippen LogP contribution in [0, 0.1) is 20.8 Å². The van der Waals surface area contributed by atoms with E-state index in [1.54, 1.807) is 20.4 Å². The lowest BCUT2D eigenvalue weighted by atomic mass is 10.0. The number of hydrogen-bond donors (Lipinski definition) is 1. The Bertz CT molecular complexity index is 1050. The van der Waals surface area contributed by atoms with E-state index in [0.717, 1.165) is 39.3 Å². The summed E-state index contributed by atoms with van der Waals surface area (Å²) in [6.07, 6.45) is 1.17. The monoisotopic (exact) mass is 406 g/mol. The summed E-state index contributed by atoms with van der Waals surface area (Å²) in [6, 6.07) is 13.6. The van der Waals surface area contributed by atoms with Crippen LogP contribution in [0.5, 0.6) is 11.5 Å². The van der Waals surface area contributed by atoms with Crippen LogP contribution in [-0.2, 0) is 11.3 Å². The van der Waals surface area contributed by atoms with E-state index in [1.807, 2.05) is 57.2 Å². The smallest absolute Gasteiger partial charge is 0.412 e. The first-order valence-electron chi connectivity index (χ1n) is 9.60. The predicted molar refractivity (Wildman–Crippen MR) is 117 cm³/mol. The van der Waals surface area contributed by atoms with E-state index in [1.165, 1.54) is 0 Å². The van der Waals surface area contributed by atoms with Crippen molar-refractivity contribution in [3.05, 3.63) is 71.0 Å². The molecule has 0 atom stereocenters. The molecule has 0 bridgehead atoms. The van der Waals surface area contributed by atoms with E-state index in [0.29, 0.717) is 11.4 Å². The Morgan fingerprint density at radius 3 is 2.37 bits per heavy atom. The minimum Gasteiger partial charge on any atom is -0.497 e. The molecule has 0 spiro atoms. The van der Waals surface area contributed by atoms with Gasteiger partial charge in [0.1, 0.15) is 18.1 Å². The Balaban J connectivity index is 1.70. The van der Waals surface area contributed by atoms with Crippen molar-refractivity contribution in [3.8, 4) is 22.6 Å². The molecule has 0 aliphatic heterocycles. The molecule has 6 nitrogen and oxygen atoms in total. The number of pyridine rings is 1. The molecule has 6 heteroatoms. The number of carbonyl (C=O) groups excluding carboxylic acids is 1. The third kappa shape index (κ3) is 4.89. The molecule has 1 N–H and O–H groups in total. The summed E-state index contributed by atoms with van der Waals surface area (Å²) in [5.74, 6) is 1.55. The lowest BCUT2D eigenvalue weighted by Gasteiger charge is -2.13. The summed E-state index contributed by atoms with van der Waals surface area (Å²) < 4.78 is 16.0. The quantitative estimate of drug-likeness (QED) is 0.590. The number of hydrogen-bond acceptors (Lipinski definition) is 5. The molecule has 2 aromatic carbocycles. The molecule has 3 aromatic rings. The second-order valence-electron chi connectivity index (χ2n) is 7.06. The second kappa shape index (κ2) is 9.31. The van der Waals surface area contributed by atoms with E-state index in [9.17, 15) is 4.79 Å². The SMILES string of the molecule is COc1ccc(-c2cc(C)cc(NC(=O)OCc3ncc(C)c(OC)c3C)c2)cc1. The van der Waals surface area contributed by atoms with Gasteiger partial charge in [-0.2, -0.15) is 0 Å². The normalized spacial score (nSPS) is 10.4. The Kier molecular flexibility index (Phi) is 6.57. The zero-order valence-electron chi connectivity index (χ0n) is 17.9. The number of anilines is 1. The van der Waals surface area contributed by atoms with Crippen molar-refractivity contribution < 1.29 is 19.0 Å². The summed E-state index contributed by atoms with van der Waals surface area (Å²) in [7, 11) is 3.25. The van der Waals surface area contributed by atoms with Crippen LogP contribution in [0.1, 0.15) is 22.4 Å². The van der Waals surface area contributed by atoms with Crippen molar-refractivity contribution in [2.75, 3.05) is 19.5 Å². The van der Waals surface area contributed by atoms with Crippen LogP contribution >= 0.6 is 0 Å². The van der Waals surface area contributed by atoms with Gasteiger partial charge in [-0.05, 0) is 61.7 Å². The molecule has 1 amide bonds. The Labute approximate surface area is 176 Å². The Morgan fingerprint density at radius 1 is 0.967 bits per heavy atom. The van der Waals surface area contributed by atoms with E-state index in [-0.39, 0.29) is 6.61 Å². The maximum atomic E-state index is 12.4. The molecular weight excluding hydrogens is 380 g/mol. The molecule has 0 saturated carbocycles. The lowest BCUT2D eigenvalue weighted by Crippen LogP contribution is -2.15. The average Bonchev–Trinajstić information content (AvgIpc) is 2.73. The van der Waals surface area contributed by atoms with Crippen LogP contribution < -0.4 is 14.8 Å². The van der Waals surface area contributed by atoms with Gasteiger partial charge in [-0.25, -0.2) is 4.79 Å². The highest BCUT2D eigenvalue weighted by molar-refractivity contribution is 5.86. The van der Waals surface area contributed by atoms with Crippen molar-refractivity contribution >= 4 is 11.8 Å². The highest BCUT2D eigenvalue weighted by Crippen LogP contribution is 2.27. The molecule has 30 heavy (non-hydrogen) atoms. The summed E-state index contributed by atoms with van der Waals surface area (Å²) >= 11 is 0. The third-order valence-electron chi connectivity index (χ3n) is 4.84. The van der Waals surface area contributed by atoms with Crippen molar-refractivity contribution in [1.82, 2.24) is 4.98 Å². The number of aromatic nitrogens is 1. The van der Waals surface area contributed by atoms with Crippen LogP contribution in [0.15, 0.2) is 48.7 Å². The number of aryl methyl sites for hydroxylation is 2. The number of ether oxygens (including phenoxy) is 3. The van der Waals surface area contributed by atoms with Crippen molar-refractivity contribution in [1.29, 1.82) is 0 Å². The average molecular weight is 406 g/mol. The predicted octanol–water partition coefficient (Wildman–Crippen LogP) is 5.44. The highest BCUT2D eigenvalue weighted by atomic mass is 16.5. The van der Waals surface area contributed by atoms with Crippen molar-refractivity contribution in [2.45, 2.75) is 27.4 Å². The molecule has 0 radical (unpaired) electrons. The molecule has 156 valence electrons. The van der Waals surface area contributed by atoms with E-state index >= 15 is 0 Å². The van der Waals surface area contributed by atoms with Crippen LogP contribution in [0.25, 0.3) is 11.1 Å².